The molecule has 0 radical (unpaired) electrons. The van der Waals surface area contributed by atoms with Crippen LogP contribution in [0.5, 0.6) is 0 Å². The molecular formula is C20H32IN5O4S. The molecule has 0 aromatic carbocycles. The molecule has 4 atom stereocenters. The van der Waals surface area contributed by atoms with Gasteiger partial charge in [-0.1, -0.05) is 18.6 Å². The molecule has 4 unspecified atom stereocenters. The summed E-state index contributed by atoms with van der Waals surface area (Å²) in [6, 6.07) is 0. The second kappa shape index (κ2) is 10.2. The molecule has 1 heterocycles. The van der Waals surface area contributed by atoms with Crippen LogP contribution in [-0.4, -0.2) is 70.1 Å². The average Bonchev–Trinajstić information content (AvgIpc) is 3.34. The normalized spacial score (nSPS) is 29.7. The highest BCUT2D eigenvalue weighted by atomic mass is 127. The maximum Gasteiger partial charge on any atom is 0.233 e. The first-order chi connectivity index (χ1) is 14.4. The summed E-state index contributed by atoms with van der Waals surface area (Å²) in [5, 5.41) is 6.03. The van der Waals surface area contributed by atoms with Crippen LogP contribution >= 0.6 is 24.0 Å². The van der Waals surface area contributed by atoms with E-state index in [9.17, 15) is 18.0 Å². The zero-order valence-electron chi connectivity index (χ0n) is 17.7. The van der Waals surface area contributed by atoms with Gasteiger partial charge >= 0.3 is 0 Å². The molecule has 31 heavy (non-hydrogen) atoms. The minimum Gasteiger partial charge on any atom is -0.355 e. The van der Waals surface area contributed by atoms with Crippen molar-refractivity contribution < 1.29 is 18.0 Å². The number of nitrogens with one attached hydrogen (secondary N) is 3. The summed E-state index contributed by atoms with van der Waals surface area (Å²) in [5.41, 5.74) is 0. The largest absolute Gasteiger partial charge is 0.355 e. The SMILES string of the molecule is CN=C(NCCN1C(=O)C2C3C=CC(C3)C2C1=O)NCCS(=O)(=O)NCC1CCC1.I. The molecule has 2 bridgehead atoms. The third kappa shape index (κ3) is 5.24. The van der Waals surface area contributed by atoms with Crippen molar-refractivity contribution in [1.29, 1.82) is 0 Å². The molecule has 4 aliphatic rings. The Hall–Kier alpha value is -1.21. The van der Waals surface area contributed by atoms with Gasteiger partial charge in [-0.15, -0.1) is 24.0 Å². The van der Waals surface area contributed by atoms with E-state index >= 15 is 0 Å². The molecule has 3 N–H and O–H groups in total. The standard InChI is InChI=1S/C20H31N5O4S.HI/c1-21-20(23-8-10-30(28,29)24-12-13-3-2-4-13)22-7-9-25-18(26)16-14-5-6-15(11-14)17(16)19(25)27;/h5-6,13-17,24H,2-4,7-12H2,1H3,(H2,21,22,23);1H. The summed E-state index contributed by atoms with van der Waals surface area (Å²) in [5.74, 6) is 0.833. The second-order valence-corrected chi connectivity index (χ2v) is 10.6. The van der Waals surface area contributed by atoms with Crippen molar-refractivity contribution in [3.63, 3.8) is 0 Å². The lowest BCUT2D eigenvalue weighted by molar-refractivity contribution is -0.140. The number of nitrogens with zero attached hydrogens (tertiary/aromatic N) is 2. The fourth-order valence-corrected chi connectivity index (χ4v) is 6.01. The van der Waals surface area contributed by atoms with Crippen molar-refractivity contribution in [2.45, 2.75) is 25.7 Å². The summed E-state index contributed by atoms with van der Waals surface area (Å²) in [6.07, 6.45) is 8.47. The smallest absolute Gasteiger partial charge is 0.233 e. The molecule has 1 saturated heterocycles. The first kappa shape index (κ1) is 24.4. The number of carbonyl (C=O) groups is 2. The van der Waals surface area contributed by atoms with Crippen LogP contribution in [0.15, 0.2) is 17.1 Å². The van der Waals surface area contributed by atoms with Crippen molar-refractivity contribution in [2.75, 3.05) is 39.0 Å². The Bertz CT molecular complexity index is 828. The van der Waals surface area contributed by atoms with Gasteiger partial charge in [-0.25, -0.2) is 13.1 Å². The fourth-order valence-electron chi connectivity index (χ4n) is 5.01. The molecule has 2 saturated carbocycles. The Balaban J connectivity index is 0.00000272. The van der Waals surface area contributed by atoms with Gasteiger partial charge < -0.3 is 10.6 Å². The van der Waals surface area contributed by atoms with E-state index < -0.39 is 10.0 Å². The Morgan fingerprint density at radius 2 is 1.71 bits per heavy atom. The van der Waals surface area contributed by atoms with E-state index in [1.165, 1.54) is 11.3 Å². The fraction of sp³-hybridized carbons (Fsp3) is 0.750. The van der Waals surface area contributed by atoms with Gasteiger partial charge in [0.2, 0.25) is 21.8 Å². The van der Waals surface area contributed by atoms with Crippen molar-refractivity contribution in [3.8, 4) is 0 Å². The van der Waals surface area contributed by atoms with Gasteiger partial charge in [-0.05, 0) is 37.0 Å². The maximum absolute atomic E-state index is 12.7. The highest BCUT2D eigenvalue weighted by Crippen LogP contribution is 2.52. The van der Waals surface area contributed by atoms with Gasteiger partial charge in [0.05, 0.1) is 17.6 Å². The van der Waals surface area contributed by atoms with Gasteiger partial charge in [0.25, 0.3) is 0 Å². The predicted molar refractivity (Wildman–Crippen MR) is 128 cm³/mol. The predicted octanol–water partition coefficient (Wildman–Crippen LogP) is 0.296. The number of carbonyl (C=O) groups excluding carboxylic acids is 2. The number of allylic oxidation sites excluding steroid dienone is 2. The zero-order chi connectivity index (χ0) is 21.3. The van der Waals surface area contributed by atoms with E-state index in [0.29, 0.717) is 25.0 Å². The number of rotatable bonds is 9. The van der Waals surface area contributed by atoms with E-state index in [1.54, 1.807) is 7.05 Å². The molecule has 2 amide bonds. The van der Waals surface area contributed by atoms with Crippen LogP contribution in [0.4, 0.5) is 0 Å². The Morgan fingerprint density at radius 1 is 1.10 bits per heavy atom. The lowest BCUT2D eigenvalue weighted by Crippen LogP contribution is -2.45. The van der Waals surface area contributed by atoms with Crippen molar-refractivity contribution >= 4 is 51.8 Å². The first-order valence-corrected chi connectivity index (χ1v) is 12.5. The topological polar surface area (TPSA) is 120 Å². The number of imide groups is 1. The van der Waals surface area contributed by atoms with Gasteiger partial charge in [0, 0.05) is 33.2 Å². The second-order valence-electron chi connectivity index (χ2n) is 8.72. The van der Waals surface area contributed by atoms with E-state index in [1.807, 2.05) is 0 Å². The van der Waals surface area contributed by atoms with E-state index in [4.69, 9.17) is 0 Å². The molecule has 3 aliphatic carbocycles. The van der Waals surface area contributed by atoms with Crippen LogP contribution in [0.3, 0.4) is 0 Å². The number of likely N-dealkylation sites (tertiary alicyclic amines) is 1. The monoisotopic (exact) mass is 565 g/mol. The molecular weight excluding hydrogens is 533 g/mol. The summed E-state index contributed by atoms with van der Waals surface area (Å²) in [4.78, 5) is 30.8. The molecule has 11 heteroatoms. The van der Waals surface area contributed by atoms with Crippen LogP contribution in [0, 0.1) is 29.6 Å². The van der Waals surface area contributed by atoms with Gasteiger partial charge in [0.15, 0.2) is 5.96 Å². The highest BCUT2D eigenvalue weighted by Gasteiger charge is 2.58. The minimum atomic E-state index is -3.32. The van der Waals surface area contributed by atoms with Crippen LogP contribution in [-0.2, 0) is 19.6 Å². The number of hydrogen-bond donors (Lipinski definition) is 3. The van der Waals surface area contributed by atoms with E-state index in [0.717, 1.165) is 19.3 Å². The highest BCUT2D eigenvalue weighted by molar-refractivity contribution is 14.0. The van der Waals surface area contributed by atoms with E-state index in [-0.39, 0.29) is 78.3 Å². The molecule has 1 aliphatic heterocycles. The number of hydrogen-bond acceptors (Lipinski definition) is 5. The molecule has 0 aromatic heterocycles. The molecule has 3 fully saturated rings. The number of amides is 2. The third-order valence-electron chi connectivity index (χ3n) is 6.89. The molecule has 9 nitrogen and oxygen atoms in total. The number of aliphatic imine (C=N–C) groups is 1. The van der Waals surface area contributed by atoms with Crippen LogP contribution in [0.2, 0.25) is 0 Å². The quantitative estimate of drug-likeness (QED) is 0.122. The lowest BCUT2D eigenvalue weighted by atomic mass is 9.85. The molecule has 174 valence electrons. The lowest BCUT2D eigenvalue weighted by Gasteiger charge is -2.25. The summed E-state index contributed by atoms with van der Waals surface area (Å²) in [7, 11) is -1.72. The number of guanidine groups is 1. The Kier molecular flexibility index (Phi) is 8.00. The Morgan fingerprint density at radius 3 is 2.26 bits per heavy atom. The summed E-state index contributed by atoms with van der Waals surface area (Å²) < 4.78 is 26.8. The average molecular weight is 565 g/mol. The van der Waals surface area contributed by atoms with Crippen molar-refractivity contribution in [1.82, 2.24) is 20.3 Å². The minimum absolute atomic E-state index is 0. The number of halogens is 1. The van der Waals surface area contributed by atoms with Crippen molar-refractivity contribution in [3.05, 3.63) is 12.2 Å². The van der Waals surface area contributed by atoms with E-state index in [2.05, 4.69) is 32.5 Å². The summed E-state index contributed by atoms with van der Waals surface area (Å²) in [6.45, 7) is 1.39. The van der Waals surface area contributed by atoms with Crippen molar-refractivity contribution in [2.24, 2.45) is 34.6 Å². The van der Waals surface area contributed by atoms with Gasteiger partial charge in [-0.2, -0.15) is 0 Å². The molecule has 0 aromatic rings. The maximum atomic E-state index is 12.7. The van der Waals surface area contributed by atoms with Gasteiger partial charge in [0.1, 0.15) is 0 Å². The van der Waals surface area contributed by atoms with Gasteiger partial charge in [-0.3, -0.25) is 19.5 Å². The van der Waals surface area contributed by atoms with Crippen LogP contribution < -0.4 is 15.4 Å². The first-order valence-electron chi connectivity index (χ1n) is 10.8. The molecule has 0 spiro atoms. The zero-order valence-corrected chi connectivity index (χ0v) is 20.9. The van der Waals surface area contributed by atoms with Crippen LogP contribution in [0.25, 0.3) is 0 Å². The Labute approximate surface area is 200 Å². The molecule has 4 rings (SSSR count). The third-order valence-corrected chi connectivity index (χ3v) is 8.24. The number of sulfonamides is 1. The van der Waals surface area contributed by atoms with Crippen LogP contribution in [0.1, 0.15) is 25.7 Å². The summed E-state index contributed by atoms with van der Waals surface area (Å²) >= 11 is 0. The number of fused-ring (bicyclic) bond motifs is 5.